The van der Waals surface area contributed by atoms with Gasteiger partial charge in [0.05, 0.1) is 16.2 Å². The van der Waals surface area contributed by atoms with Gasteiger partial charge in [-0.1, -0.05) is 37.3 Å². The number of para-hydroxylation sites is 1. The highest BCUT2D eigenvalue weighted by Gasteiger charge is 2.20. The van der Waals surface area contributed by atoms with Gasteiger partial charge in [-0.05, 0) is 30.2 Å². The van der Waals surface area contributed by atoms with E-state index in [-0.39, 0.29) is 22.1 Å². The van der Waals surface area contributed by atoms with Crippen LogP contribution in [0, 0.1) is 0 Å². The molecule has 1 aromatic heterocycles. The van der Waals surface area contributed by atoms with Crippen molar-refractivity contribution in [2.24, 2.45) is 0 Å². The quantitative estimate of drug-likeness (QED) is 0.713. The second-order valence-electron chi connectivity index (χ2n) is 5.76. The molecule has 0 atom stereocenters. The molecule has 0 aliphatic heterocycles. The fraction of sp³-hybridized carbons (Fsp3) is 0.211. The lowest BCUT2D eigenvalue weighted by Crippen LogP contribution is -2.27. The Hall–Kier alpha value is -2.60. The van der Waals surface area contributed by atoms with E-state index in [1.54, 1.807) is 25.1 Å². The number of hydrogen-bond donors (Lipinski definition) is 2. The van der Waals surface area contributed by atoms with Gasteiger partial charge in [-0.15, -0.1) is 0 Å². The van der Waals surface area contributed by atoms with Gasteiger partial charge in [-0.25, -0.2) is 8.42 Å². The van der Waals surface area contributed by atoms with Crippen LogP contribution in [0.1, 0.15) is 22.8 Å². The Labute approximate surface area is 147 Å². The van der Waals surface area contributed by atoms with Crippen LogP contribution in [0.15, 0.2) is 59.6 Å². The van der Waals surface area contributed by atoms with E-state index < -0.39 is 9.84 Å². The molecular weight excluding hydrogens is 336 g/mol. The number of sulfone groups is 1. The van der Waals surface area contributed by atoms with E-state index in [2.05, 4.69) is 10.3 Å². The van der Waals surface area contributed by atoms with Crippen LogP contribution in [0.5, 0.6) is 0 Å². The van der Waals surface area contributed by atoms with E-state index in [0.717, 1.165) is 16.5 Å². The molecule has 0 fully saturated rings. The molecule has 0 radical (unpaired) electrons. The summed E-state index contributed by atoms with van der Waals surface area (Å²) >= 11 is 0. The first-order chi connectivity index (χ1) is 12.0. The zero-order chi connectivity index (χ0) is 17.9. The van der Waals surface area contributed by atoms with Crippen molar-refractivity contribution in [3.8, 4) is 0 Å². The molecule has 2 N–H and O–H groups in total. The summed E-state index contributed by atoms with van der Waals surface area (Å²) in [6.45, 7) is 2.00. The summed E-state index contributed by atoms with van der Waals surface area (Å²) < 4.78 is 24.3. The zero-order valence-electron chi connectivity index (χ0n) is 14.0. The van der Waals surface area contributed by atoms with Crippen LogP contribution in [-0.2, 0) is 16.3 Å². The molecule has 25 heavy (non-hydrogen) atoms. The maximum absolute atomic E-state index is 12.4. The van der Waals surface area contributed by atoms with Crippen LogP contribution in [0.25, 0.3) is 10.9 Å². The van der Waals surface area contributed by atoms with Crippen LogP contribution in [0.4, 0.5) is 0 Å². The summed E-state index contributed by atoms with van der Waals surface area (Å²) in [6.07, 6.45) is 2.60. The average molecular weight is 356 g/mol. The van der Waals surface area contributed by atoms with E-state index in [1.165, 1.54) is 6.07 Å². The molecule has 2 aromatic carbocycles. The third-order valence-corrected chi connectivity index (χ3v) is 5.99. The van der Waals surface area contributed by atoms with Gasteiger partial charge in [0.25, 0.3) is 5.91 Å². The Bertz CT molecular complexity index is 1010. The summed E-state index contributed by atoms with van der Waals surface area (Å²) in [5.74, 6) is -0.403. The molecule has 1 amide bonds. The van der Waals surface area contributed by atoms with Gasteiger partial charge < -0.3 is 10.3 Å². The first-order valence-electron chi connectivity index (χ1n) is 8.18. The zero-order valence-corrected chi connectivity index (χ0v) is 14.8. The number of hydrogen-bond acceptors (Lipinski definition) is 3. The van der Waals surface area contributed by atoms with Crippen LogP contribution >= 0.6 is 0 Å². The number of fused-ring (bicyclic) bond motifs is 1. The molecule has 3 aromatic rings. The van der Waals surface area contributed by atoms with Crippen LogP contribution in [0.3, 0.4) is 0 Å². The minimum absolute atomic E-state index is 0.0351. The van der Waals surface area contributed by atoms with Crippen LogP contribution < -0.4 is 5.32 Å². The van der Waals surface area contributed by atoms with Crippen molar-refractivity contribution in [2.45, 2.75) is 18.2 Å². The van der Waals surface area contributed by atoms with E-state index in [0.29, 0.717) is 13.0 Å². The lowest BCUT2D eigenvalue weighted by molar-refractivity contribution is 0.0951. The SMILES string of the molecule is CCS(=O)(=O)c1ccccc1C(=O)NCCc1c[nH]c2ccccc12. The fourth-order valence-electron chi connectivity index (χ4n) is 2.83. The number of rotatable bonds is 6. The summed E-state index contributed by atoms with van der Waals surface area (Å²) in [4.78, 5) is 15.7. The van der Waals surface area contributed by atoms with Gasteiger partial charge in [-0.3, -0.25) is 4.79 Å². The molecule has 3 rings (SSSR count). The Morgan fingerprint density at radius 1 is 1.08 bits per heavy atom. The van der Waals surface area contributed by atoms with Gasteiger partial charge >= 0.3 is 0 Å². The molecule has 130 valence electrons. The number of H-pyrrole nitrogens is 1. The lowest BCUT2D eigenvalue weighted by Gasteiger charge is -2.10. The topological polar surface area (TPSA) is 79.0 Å². The summed E-state index contributed by atoms with van der Waals surface area (Å²) in [5, 5.41) is 3.95. The Morgan fingerprint density at radius 3 is 2.60 bits per heavy atom. The molecule has 5 nitrogen and oxygen atoms in total. The van der Waals surface area contributed by atoms with E-state index in [9.17, 15) is 13.2 Å². The molecule has 0 unspecified atom stereocenters. The van der Waals surface area contributed by atoms with Gasteiger partial charge in [-0.2, -0.15) is 0 Å². The van der Waals surface area contributed by atoms with Crippen LogP contribution in [-0.4, -0.2) is 31.6 Å². The number of carbonyl (C=O) groups excluding carboxylic acids is 1. The number of aromatic amines is 1. The van der Waals surface area contributed by atoms with E-state index in [4.69, 9.17) is 0 Å². The van der Waals surface area contributed by atoms with Gasteiger partial charge in [0, 0.05) is 23.6 Å². The summed E-state index contributed by atoms with van der Waals surface area (Å²) in [6, 6.07) is 14.3. The highest BCUT2D eigenvalue weighted by Crippen LogP contribution is 2.19. The first-order valence-corrected chi connectivity index (χ1v) is 9.83. The molecule has 0 aliphatic carbocycles. The largest absolute Gasteiger partial charge is 0.361 e. The molecule has 0 bridgehead atoms. The number of benzene rings is 2. The first kappa shape index (κ1) is 17.2. The average Bonchev–Trinajstić information content (AvgIpc) is 3.05. The standard InChI is InChI=1S/C19H20N2O3S/c1-2-25(23,24)18-10-6-4-8-16(18)19(22)20-12-11-14-13-21-17-9-5-3-7-15(14)17/h3-10,13,21H,2,11-12H2,1H3,(H,20,22). The minimum atomic E-state index is -3.44. The smallest absolute Gasteiger partial charge is 0.252 e. The minimum Gasteiger partial charge on any atom is -0.361 e. The molecule has 0 saturated heterocycles. The van der Waals surface area contributed by atoms with Gasteiger partial charge in [0.1, 0.15) is 0 Å². The van der Waals surface area contributed by atoms with E-state index in [1.807, 2.05) is 30.5 Å². The lowest BCUT2D eigenvalue weighted by atomic mass is 10.1. The summed E-state index contributed by atoms with van der Waals surface area (Å²) in [5.41, 5.74) is 2.37. The molecule has 0 spiro atoms. The van der Waals surface area contributed by atoms with Gasteiger partial charge in [0.2, 0.25) is 0 Å². The monoisotopic (exact) mass is 356 g/mol. The Morgan fingerprint density at radius 2 is 1.80 bits per heavy atom. The second-order valence-corrected chi connectivity index (χ2v) is 8.01. The van der Waals surface area contributed by atoms with Crippen molar-refractivity contribution in [1.29, 1.82) is 0 Å². The van der Waals surface area contributed by atoms with Crippen molar-refractivity contribution in [1.82, 2.24) is 10.3 Å². The third-order valence-electron chi connectivity index (χ3n) is 4.20. The normalized spacial score (nSPS) is 11.6. The highest BCUT2D eigenvalue weighted by atomic mass is 32.2. The van der Waals surface area contributed by atoms with Crippen LogP contribution in [0.2, 0.25) is 0 Å². The maximum Gasteiger partial charge on any atom is 0.252 e. The molecule has 6 heteroatoms. The predicted octanol–water partition coefficient (Wildman–Crippen LogP) is 2.93. The van der Waals surface area contributed by atoms with Crippen molar-refractivity contribution >= 4 is 26.6 Å². The molecular formula is C19H20N2O3S. The Kier molecular flexibility index (Phi) is 4.90. The molecule has 0 aliphatic rings. The van der Waals surface area contributed by atoms with Crippen molar-refractivity contribution in [3.05, 3.63) is 65.9 Å². The third kappa shape index (κ3) is 3.58. The highest BCUT2D eigenvalue weighted by molar-refractivity contribution is 7.91. The second kappa shape index (κ2) is 7.11. The number of aromatic nitrogens is 1. The Balaban J connectivity index is 1.72. The van der Waals surface area contributed by atoms with Crippen molar-refractivity contribution < 1.29 is 13.2 Å². The van der Waals surface area contributed by atoms with Crippen molar-refractivity contribution in [2.75, 3.05) is 12.3 Å². The number of amides is 1. The summed E-state index contributed by atoms with van der Waals surface area (Å²) in [7, 11) is -3.44. The fourth-order valence-corrected chi connectivity index (χ4v) is 3.92. The van der Waals surface area contributed by atoms with E-state index >= 15 is 0 Å². The number of nitrogens with one attached hydrogen (secondary N) is 2. The molecule has 1 heterocycles. The van der Waals surface area contributed by atoms with Gasteiger partial charge in [0.15, 0.2) is 9.84 Å². The molecule has 0 saturated carbocycles. The predicted molar refractivity (Wildman–Crippen MR) is 98.5 cm³/mol. The maximum atomic E-state index is 12.4. The number of carbonyl (C=O) groups is 1. The van der Waals surface area contributed by atoms with Crippen molar-refractivity contribution in [3.63, 3.8) is 0 Å².